The number of alkyl halides is 3. The van der Waals surface area contributed by atoms with E-state index in [0.29, 0.717) is 25.7 Å². The van der Waals surface area contributed by atoms with Crippen LogP contribution in [0.5, 0.6) is 6.01 Å². The van der Waals surface area contributed by atoms with Crippen LogP contribution in [-0.2, 0) is 17.3 Å². The van der Waals surface area contributed by atoms with Gasteiger partial charge in [-0.25, -0.2) is 13.8 Å². The molecule has 0 saturated carbocycles. The highest BCUT2D eigenvalue weighted by atomic mass is 19.4. The monoisotopic (exact) mass is 651 g/mol. The van der Waals surface area contributed by atoms with Crippen molar-refractivity contribution in [2.45, 2.75) is 90.6 Å². The van der Waals surface area contributed by atoms with E-state index in [-0.39, 0.29) is 53.7 Å². The fourth-order valence-electron chi connectivity index (χ4n) is 6.38. The quantitative estimate of drug-likeness (QED) is 0.0910. The van der Waals surface area contributed by atoms with E-state index in [1.807, 2.05) is 13.8 Å². The van der Waals surface area contributed by atoms with Gasteiger partial charge in [0, 0.05) is 11.6 Å². The molecule has 0 radical (unpaired) electrons. The number of rotatable bonds is 12. The Labute approximate surface area is 265 Å². The van der Waals surface area contributed by atoms with Crippen LogP contribution < -0.4 is 21.1 Å². The molecule has 1 aromatic carbocycles. The maximum atomic E-state index is 16.6. The van der Waals surface area contributed by atoms with Crippen LogP contribution >= 0.6 is 0 Å². The first kappa shape index (κ1) is 34.0. The first-order valence-corrected chi connectivity index (χ1v) is 16.0. The molecule has 9 nitrogen and oxygen atoms in total. The van der Waals surface area contributed by atoms with Crippen LogP contribution in [0.2, 0.25) is 0 Å². The van der Waals surface area contributed by atoms with E-state index >= 15 is 4.39 Å². The number of hydrogen-bond acceptors (Lipinski definition) is 9. The van der Waals surface area contributed by atoms with Crippen molar-refractivity contribution in [3.63, 3.8) is 0 Å². The number of anilines is 2. The zero-order chi connectivity index (χ0) is 33.2. The lowest BCUT2D eigenvalue weighted by Crippen LogP contribution is -2.51. The summed E-state index contributed by atoms with van der Waals surface area (Å²) in [5.74, 6) is -2.09. The van der Waals surface area contributed by atoms with Gasteiger partial charge < -0.3 is 20.5 Å². The normalized spacial score (nSPS) is 19.4. The number of halogens is 5. The van der Waals surface area contributed by atoms with Gasteiger partial charge in [0.1, 0.15) is 29.5 Å². The lowest BCUT2D eigenvalue weighted by atomic mass is 9.95. The third-order valence-corrected chi connectivity index (χ3v) is 8.64. The predicted molar refractivity (Wildman–Crippen MR) is 167 cm³/mol. The van der Waals surface area contributed by atoms with Crippen LogP contribution in [-0.4, -0.2) is 71.0 Å². The van der Waals surface area contributed by atoms with E-state index in [1.165, 1.54) is 0 Å². The average molecular weight is 652 g/mol. The summed E-state index contributed by atoms with van der Waals surface area (Å²) >= 11 is 0. The largest absolute Gasteiger partial charge is 0.462 e. The van der Waals surface area contributed by atoms with Crippen molar-refractivity contribution >= 4 is 22.4 Å². The summed E-state index contributed by atoms with van der Waals surface area (Å²) in [5, 5.41) is 6.85. The number of pyridine rings is 1. The number of nitrogen functional groups attached to an aromatic ring is 1. The number of nitrogens with zero attached hydrogens (tertiary/aromatic N) is 4. The molecule has 3 atom stereocenters. The summed E-state index contributed by atoms with van der Waals surface area (Å²) in [7, 11) is 0. The standard InChI is InChI=1S/C32H42F5N7O2/c1-5-7-11-39-18(4)40-30-24-23(9-6-2)41-28(21-13-22(38)26(33)17(3)25(21)32(35,36)37)27(34)29(24)42-31(43-30)46-16-20-15-45-14-19-10-8-12-44(19)20/h13,18-20,39H,5-12,14-16,38H2,1-4H3,(H,40,42,43). The lowest BCUT2D eigenvalue weighted by molar-refractivity contribution is -0.137. The van der Waals surface area contributed by atoms with Gasteiger partial charge in [0.2, 0.25) is 0 Å². The van der Waals surface area contributed by atoms with Crippen LogP contribution in [0.3, 0.4) is 0 Å². The number of nitrogens with one attached hydrogen (secondary N) is 2. The highest BCUT2D eigenvalue weighted by Gasteiger charge is 2.39. The molecule has 2 aromatic heterocycles. The summed E-state index contributed by atoms with van der Waals surface area (Å²) < 4.78 is 86.1. The van der Waals surface area contributed by atoms with Crippen LogP contribution in [0.25, 0.3) is 22.2 Å². The third kappa shape index (κ3) is 6.98. The van der Waals surface area contributed by atoms with Crippen LogP contribution in [0.1, 0.15) is 69.7 Å². The van der Waals surface area contributed by atoms with Crippen molar-refractivity contribution in [2.24, 2.45) is 0 Å². The summed E-state index contributed by atoms with van der Waals surface area (Å²) in [6.07, 6.45) is -0.461. The molecule has 2 aliphatic heterocycles. The van der Waals surface area contributed by atoms with Crippen LogP contribution in [0, 0.1) is 18.6 Å². The van der Waals surface area contributed by atoms with Gasteiger partial charge >= 0.3 is 12.2 Å². The van der Waals surface area contributed by atoms with E-state index in [1.54, 1.807) is 0 Å². The number of ether oxygens (including phenoxy) is 2. The molecule has 3 unspecified atom stereocenters. The Kier molecular flexibility index (Phi) is 10.5. The molecule has 2 aliphatic rings. The van der Waals surface area contributed by atoms with E-state index in [0.717, 1.165) is 51.8 Å². The maximum Gasteiger partial charge on any atom is 0.417 e. The number of benzene rings is 1. The molecule has 46 heavy (non-hydrogen) atoms. The van der Waals surface area contributed by atoms with Gasteiger partial charge in [-0.1, -0.05) is 26.7 Å². The Bertz CT molecular complexity index is 1550. The van der Waals surface area contributed by atoms with Gasteiger partial charge in [-0.3, -0.25) is 10.2 Å². The molecule has 5 rings (SSSR count). The van der Waals surface area contributed by atoms with Gasteiger partial charge in [-0.2, -0.15) is 23.1 Å². The number of nitrogens with two attached hydrogens (primary N) is 1. The van der Waals surface area contributed by atoms with Crippen molar-refractivity contribution in [2.75, 3.05) is 44.0 Å². The minimum atomic E-state index is -5.01. The molecule has 0 aliphatic carbocycles. The van der Waals surface area contributed by atoms with Gasteiger partial charge in [0.25, 0.3) is 0 Å². The molecule has 0 bridgehead atoms. The maximum absolute atomic E-state index is 16.6. The zero-order valence-corrected chi connectivity index (χ0v) is 26.7. The molecule has 2 fully saturated rings. The average Bonchev–Trinajstić information content (AvgIpc) is 3.49. The highest BCUT2D eigenvalue weighted by Crippen LogP contribution is 2.43. The second kappa shape index (κ2) is 14.2. The minimum Gasteiger partial charge on any atom is -0.462 e. The minimum absolute atomic E-state index is 0.0559. The third-order valence-electron chi connectivity index (χ3n) is 8.64. The van der Waals surface area contributed by atoms with Crippen molar-refractivity contribution in [1.82, 2.24) is 25.2 Å². The number of aromatic nitrogens is 3. The van der Waals surface area contributed by atoms with Gasteiger partial charge in [-0.05, 0) is 64.3 Å². The van der Waals surface area contributed by atoms with Crippen molar-refractivity contribution in [3.05, 3.63) is 34.5 Å². The molecule has 3 aromatic rings. The number of aryl methyl sites for hydroxylation is 1. The Morgan fingerprint density at radius 1 is 1.13 bits per heavy atom. The highest BCUT2D eigenvalue weighted by molar-refractivity contribution is 5.95. The number of hydrogen-bond donors (Lipinski definition) is 3. The summed E-state index contributed by atoms with van der Waals surface area (Å²) in [6.45, 7) is 9.74. The summed E-state index contributed by atoms with van der Waals surface area (Å²) in [6, 6.07) is 0.899. The summed E-state index contributed by atoms with van der Waals surface area (Å²) in [4.78, 5) is 15.8. The molecule has 252 valence electrons. The van der Waals surface area contributed by atoms with Crippen molar-refractivity contribution in [3.8, 4) is 17.3 Å². The molecule has 4 heterocycles. The van der Waals surface area contributed by atoms with Gasteiger partial charge in [0.05, 0.1) is 47.8 Å². The predicted octanol–water partition coefficient (Wildman–Crippen LogP) is 6.22. The number of unbranched alkanes of at least 4 members (excludes halogenated alkanes) is 1. The Morgan fingerprint density at radius 3 is 2.63 bits per heavy atom. The fourth-order valence-corrected chi connectivity index (χ4v) is 6.38. The molecular formula is C32H42F5N7O2. The second-order valence-electron chi connectivity index (χ2n) is 12.1. The lowest BCUT2D eigenvalue weighted by Gasteiger charge is -2.37. The zero-order valence-electron chi connectivity index (χ0n) is 26.7. The van der Waals surface area contributed by atoms with Gasteiger partial charge in [-0.15, -0.1) is 0 Å². The van der Waals surface area contributed by atoms with E-state index in [4.69, 9.17) is 15.2 Å². The summed E-state index contributed by atoms with van der Waals surface area (Å²) in [5.41, 5.74) is 1.88. The smallest absolute Gasteiger partial charge is 0.417 e. The number of morpholine rings is 1. The van der Waals surface area contributed by atoms with E-state index in [9.17, 15) is 17.6 Å². The Morgan fingerprint density at radius 2 is 1.91 bits per heavy atom. The van der Waals surface area contributed by atoms with E-state index < -0.39 is 45.9 Å². The molecule has 0 amide bonds. The van der Waals surface area contributed by atoms with Crippen LogP contribution in [0.15, 0.2) is 6.07 Å². The molecule has 2 saturated heterocycles. The van der Waals surface area contributed by atoms with E-state index in [2.05, 4.69) is 37.4 Å². The first-order valence-electron chi connectivity index (χ1n) is 16.0. The SMILES string of the molecule is CCCCNC(C)Nc1nc(OCC2COCC3CCCN32)nc2c(F)c(-c3cc(N)c(F)c(C)c3C(F)(F)F)nc(CCC)c12. The first-order chi connectivity index (χ1) is 21.9. The molecule has 4 N–H and O–H groups in total. The number of fused-ring (bicyclic) bond motifs is 2. The Balaban J connectivity index is 1.66. The molecule has 0 spiro atoms. The topological polar surface area (TPSA) is 110 Å². The Hall–Kier alpha value is -3.36. The van der Waals surface area contributed by atoms with Crippen molar-refractivity contribution in [1.29, 1.82) is 0 Å². The molecule has 14 heteroatoms. The van der Waals surface area contributed by atoms with Crippen molar-refractivity contribution < 1.29 is 31.4 Å². The van der Waals surface area contributed by atoms with Crippen LogP contribution in [0.4, 0.5) is 33.5 Å². The fraction of sp³-hybridized carbons (Fsp3) is 0.594. The second-order valence-corrected chi connectivity index (χ2v) is 12.1. The molecular weight excluding hydrogens is 609 g/mol. The van der Waals surface area contributed by atoms with Gasteiger partial charge in [0.15, 0.2) is 5.82 Å².